The molecule has 0 bridgehead atoms. The SMILES string of the molecule is COC(=O)c1cc(C(=O)OCC(=O)N[C@@H]2CCCC[C@@H]2C)cc([N+](=O)[O-])c1. The van der Waals surface area contributed by atoms with Gasteiger partial charge in [-0.2, -0.15) is 0 Å². The topological polar surface area (TPSA) is 125 Å². The second-order valence-electron chi connectivity index (χ2n) is 6.53. The van der Waals surface area contributed by atoms with Crippen LogP contribution in [0.25, 0.3) is 0 Å². The Balaban J connectivity index is 2.02. The summed E-state index contributed by atoms with van der Waals surface area (Å²) in [7, 11) is 1.12. The Labute approximate surface area is 156 Å². The van der Waals surface area contributed by atoms with Gasteiger partial charge in [-0.15, -0.1) is 0 Å². The van der Waals surface area contributed by atoms with Crippen LogP contribution in [0.15, 0.2) is 18.2 Å². The molecule has 0 aromatic heterocycles. The summed E-state index contributed by atoms with van der Waals surface area (Å²) in [6.45, 7) is 1.56. The van der Waals surface area contributed by atoms with Gasteiger partial charge in [0.25, 0.3) is 11.6 Å². The molecule has 1 aliphatic carbocycles. The minimum absolute atomic E-state index is 0.0497. The molecule has 0 aliphatic heterocycles. The van der Waals surface area contributed by atoms with Gasteiger partial charge in [0.15, 0.2) is 6.61 Å². The normalized spacial score (nSPS) is 19.0. The molecule has 0 unspecified atom stereocenters. The molecule has 1 amide bonds. The van der Waals surface area contributed by atoms with E-state index in [1.54, 1.807) is 0 Å². The first-order valence-corrected chi connectivity index (χ1v) is 8.66. The van der Waals surface area contributed by atoms with Crippen molar-refractivity contribution in [3.63, 3.8) is 0 Å². The largest absolute Gasteiger partial charge is 0.465 e. The lowest BCUT2D eigenvalue weighted by Crippen LogP contribution is -2.42. The van der Waals surface area contributed by atoms with Crippen LogP contribution in [0.4, 0.5) is 5.69 Å². The van der Waals surface area contributed by atoms with Crippen molar-refractivity contribution in [2.75, 3.05) is 13.7 Å². The average Bonchev–Trinajstić information content (AvgIpc) is 2.66. The number of nitro benzene ring substituents is 1. The minimum Gasteiger partial charge on any atom is -0.465 e. The van der Waals surface area contributed by atoms with Crippen LogP contribution in [0, 0.1) is 16.0 Å². The lowest BCUT2D eigenvalue weighted by atomic mass is 9.86. The quantitative estimate of drug-likeness (QED) is 0.457. The summed E-state index contributed by atoms with van der Waals surface area (Å²) < 4.78 is 9.46. The summed E-state index contributed by atoms with van der Waals surface area (Å²) in [4.78, 5) is 46.1. The van der Waals surface area contributed by atoms with Crippen molar-refractivity contribution in [1.29, 1.82) is 0 Å². The van der Waals surface area contributed by atoms with Gasteiger partial charge in [-0.25, -0.2) is 9.59 Å². The molecular weight excluding hydrogens is 356 g/mol. The number of carbonyl (C=O) groups is 3. The van der Waals surface area contributed by atoms with E-state index in [-0.39, 0.29) is 17.2 Å². The molecule has 1 aromatic rings. The van der Waals surface area contributed by atoms with E-state index in [1.165, 1.54) is 0 Å². The maximum Gasteiger partial charge on any atom is 0.338 e. The van der Waals surface area contributed by atoms with Gasteiger partial charge in [0.2, 0.25) is 0 Å². The Bertz CT molecular complexity index is 747. The standard InChI is InChI=1S/C18H22N2O7/c1-11-5-3-4-6-15(11)19-16(21)10-27-18(23)13-7-12(17(22)26-2)8-14(9-13)20(24)25/h7-9,11,15H,3-6,10H2,1-2H3,(H,19,21)/t11-,15+/m0/s1. The molecule has 9 heteroatoms. The first kappa shape index (κ1) is 20.3. The Morgan fingerprint density at radius 1 is 1.15 bits per heavy atom. The second-order valence-corrected chi connectivity index (χ2v) is 6.53. The third-order valence-corrected chi connectivity index (χ3v) is 4.58. The molecule has 1 fully saturated rings. The number of methoxy groups -OCH3 is 1. The van der Waals surface area contributed by atoms with Gasteiger partial charge in [-0.1, -0.05) is 19.8 Å². The van der Waals surface area contributed by atoms with Crippen molar-refractivity contribution in [3.8, 4) is 0 Å². The first-order valence-electron chi connectivity index (χ1n) is 8.66. The number of esters is 2. The molecule has 1 N–H and O–H groups in total. The molecule has 146 valence electrons. The third-order valence-electron chi connectivity index (χ3n) is 4.58. The van der Waals surface area contributed by atoms with Gasteiger partial charge >= 0.3 is 11.9 Å². The van der Waals surface area contributed by atoms with Crippen LogP contribution in [-0.2, 0) is 14.3 Å². The lowest BCUT2D eigenvalue weighted by Gasteiger charge is -2.29. The summed E-state index contributed by atoms with van der Waals surface area (Å²) in [5.41, 5.74) is -0.812. The van der Waals surface area contributed by atoms with Gasteiger partial charge in [-0.3, -0.25) is 14.9 Å². The van der Waals surface area contributed by atoms with Crippen molar-refractivity contribution in [3.05, 3.63) is 39.4 Å². The highest BCUT2D eigenvalue weighted by Gasteiger charge is 2.24. The van der Waals surface area contributed by atoms with E-state index in [9.17, 15) is 24.5 Å². The highest BCUT2D eigenvalue weighted by Crippen LogP contribution is 2.23. The average molecular weight is 378 g/mol. The fourth-order valence-corrected chi connectivity index (χ4v) is 3.06. The smallest absolute Gasteiger partial charge is 0.338 e. The number of rotatable bonds is 6. The van der Waals surface area contributed by atoms with Crippen molar-refractivity contribution < 1.29 is 28.8 Å². The molecule has 0 spiro atoms. The molecule has 0 heterocycles. The molecule has 27 heavy (non-hydrogen) atoms. The van der Waals surface area contributed by atoms with Crippen LogP contribution in [0.1, 0.15) is 53.3 Å². The monoisotopic (exact) mass is 378 g/mol. The Kier molecular flexibility index (Phi) is 6.86. The van der Waals surface area contributed by atoms with E-state index in [1.807, 2.05) is 0 Å². The number of non-ortho nitro benzene ring substituents is 1. The number of hydrogen-bond donors (Lipinski definition) is 1. The zero-order chi connectivity index (χ0) is 20.0. The zero-order valence-corrected chi connectivity index (χ0v) is 15.2. The zero-order valence-electron chi connectivity index (χ0n) is 15.2. The summed E-state index contributed by atoms with van der Waals surface area (Å²) in [5.74, 6) is -1.83. The van der Waals surface area contributed by atoms with Gasteiger partial charge < -0.3 is 14.8 Å². The van der Waals surface area contributed by atoms with E-state index in [2.05, 4.69) is 17.0 Å². The van der Waals surface area contributed by atoms with Crippen molar-refractivity contribution in [1.82, 2.24) is 5.32 Å². The van der Waals surface area contributed by atoms with Crippen molar-refractivity contribution in [2.24, 2.45) is 5.92 Å². The number of hydrogen-bond acceptors (Lipinski definition) is 7. The van der Waals surface area contributed by atoms with E-state index in [4.69, 9.17) is 4.74 Å². The van der Waals surface area contributed by atoms with E-state index in [0.717, 1.165) is 51.0 Å². The highest BCUT2D eigenvalue weighted by molar-refractivity contribution is 5.97. The Morgan fingerprint density at radius 3 is 2.37 bits per heavy atom. The second kappa shape index (κ2) is 9.11. The van der Waals surface area contributed by atoms with Gasteiger partial charge in [0, 0.05) is 18.2 Å². The fourth-order valence-electron chi connectivity index (χ4n) is 3.06. The van der Waals surface area contributed by atoms with Crippen molar-refractivity contribution >= 4 is 23.5 Å². The predicted octanol–water partition coefficient (Wildman–Crippen LogP) is 2.23. The van der Waals surface area contributed by atoms with Crippen LogP contribution in [0.2, 0.25) is 0 Å². The number of nitro groups is 1. The third kappa shape index (κ3) is 5.50. The van der Waals surface area contributed by atoms with Gasteiger partial charge in [0.1, 0.15) is 0 Å². The van der Waals surface area contributed by atoms with Gasteiger partial charge in [-0.05, 0) is 24.8 Å². The van der Waals surface area contributed by atoms with E-state index in [0.29, 0.717) is 5.92 Å². The van der Waals surface area contributed by atoms with E-state index >= 15 is 0 Å². The Hall–Kier alpha value is -2.97. The first-order chi connectivity index (χ1) is 12.8. The lowest BCUT2D eigenvalue weighted by molar-refractivity contribution is -0.384. The number of carbonyl (C=O) groups excluding carboxylic acids is 3. The van der Waals surface area contributed by atoms with Crippen LogP contribution in [0.5, 0.6) is 0 Å². The summed E-state index contributed by atoms with van der Waals surface area (Å²) in [6, 6.07) is 3.16. The minimum atomic E-state index is -0.935. The number of benzene rings is 1. The van der Waals surface area contributed by atoms with Crippen molar-refractivity contribution in [2.45, 2.75) is 38.6 Å². The van der Waals surface area contributed by atoms with Crippen LogP contribution < -0.4 is 5.32 Å². The van der Waals surface area contributed by atoms with Crippen LogP contribution in [-0.4, -0.2) is 42.5 Å². The number of amides is 1. The molecule has 9 nitrogen and oxygen atoms in total. The molecule has 0 saturated heterocycles. The van der Waals surface area contributed by atoms with Crippen LogP contribution in [0.3, 0.4) is 0 Å². The molecule has 0 radical (unpaired) electrons. The maximum absolute atomic E-state index is 12.2. The number of nitrogens with zero attached hydrogens (tertiary/aromatic N) is 1. The Morgan fingerprint density at radius 2 is 1.78 bits per heavy atom. The summed E-state index contributed by atoms with van der Waals surface area (Å²) in [6.07, 6.45) is 4.10. The van der Waals surface area contributed by atoms with E-state index < -0.39 is 35.1 Å². The molecule has 2 atom stereocenters. The summed E-state index contributed by atoms with van der Waals surface area (Å²) >= 11 is 0. The number of ether oxygens (including phenoxy) is 2. The molecule has 1 aromatic carbocycles. The molecule has 1 aliphatic rings. The predicted molar refractivity (Wildman–Crippen MR) is 94.3 cm³/mol. The van der Waals surface area contributed by atoms with Gasteiger partial charge in [0.05, 0.1) is 23.2 Å². The maximum atomic E-state index is 12.2. The highest BCUT2D eigenvalue weighted by atomic mass is 16.6. The number of nitrogens with one attached hydrogen (secondary N) is 1. The fraction of sp³-hybridized carbons (Fsp3) is 0.500. The summed E-state index contributed by atoms with van der Waals surface area (Å²) in [5, 5.41) is 13.8. The molecule has 2 rings (SSSR count). The van der Waals surface area contributed by atoms with Crippen LogP contribution >= 0.6 is 0 Å². The molecular formula is C18H22N2O7. The molecule has 1 saturated carbocycles.